The fourth-order valence-corrected chi connectivity index (χ4v) is 2.16. The lowest BCUT2D eigenvalue weighted by atomic mass is 9.97. The van der Waals surface area contributed by atoms with Gasteiger partial charge in [-0.1, -0.05) is 13.8 Å². The van der Waals surface area contributed by atoms with E-state index in [1.165, 1.54) is 0 Å². The molecule has 0 aliphatic rings. The molecule has 0 amide bonds. The van der Waals surface area contributed by atoms with E-state index in [4.69, 9.17) is 0 Å². The van der Waals surface area contributed by atoms with Gasteiger partial charge in [0.15, 0.2) is 0 Å². The van der Waals surface area contributed by atoms with Gasteiger partial charge in [0.05, 0.1) is 29.3 Å². The molecule has 4 heteroatoms. The molecule has 1 aromatic heterocycles. The number of benzene rings is 1. The molecule has 0 fully saturated rings. The van der Waals surface area contributed by atoms with Gasteiger partial charge >= 0.3 is 0 Å². The molecule has 4 nitrogen and oxygen atoms in total. The largest absolute Gasteiger partial charge is 0.373 e. The fraction of sp³-hybridized carbons (Fsp3) is 0.467. The van der Waals surface area contributed by atoms with Crippen molar-refractivity contribution in [2.75, 3.05) is 18.5 Å². The third-order valence-electron chi connectivity index (χ3n) is 3.59. The Morgan fingerprint density at radius 1 is 1.42 bits per heavy atom. The first-order valence-corrected chi connectivity index (χ1v) is 6.54. The molecule has 1 atom stereocenters. The maximum absolute atomic E-state index is 9.17. The van der Waals surface area contributed by atoms with Crippen LogP contribution in [0.1, 0.15) is 13.8 Å². The Labute approximate surface area is 114 Å². The van der Waals surface area contributed by atoms with Gasteiger partial charge in [0.1, 0.15) is 0 Å². The van der Waals surface area contributed by atoms with E-state index >= 15 is 0 Å². The number of nitrogens with zero attached hydrogens (tertiary/aromatic N) is 4. The topological polar surface area (TPSA) is 44.9 Å². The number of aryl methyl sites for hydroxylation is 1. The smallest absolute Gasteiger partial charge is 0.0955 e. The lowest BCUT2D eigenvalue weighted by Gasteiger charge is -2.24. The predicted molar refractivity (Wildman–Crippen MR) is 77.9 cm³/mol. The Kier molecular flexibility index (Phi) is 3.75. The summed E-state index contributed by atoms with van der Waals surface area (Å²) in [4.78, 5) is 6.49. The standard InChI is InChI=1S/C15H20N4/c1-11(2)12(8-16)9-18(3)13-5-6-15-14(7-13)17-10-19(15)4/h5-7,10-12H,9H2,1-4H3. The molecule has 1 heterocycles. The van der Waals surface area contributed by atoms with E-state index in [0.717, 1.165) is 23.3 Å². The Morgan fingerprint density at radius 2 is 2.16 bits per heavy atom. The Bertz CT molecular complexity index is 606. The van der Waals surface area contributed by atoms with Gasteiger partial charge < -0.3 is 9.47 Å². The van der Waals surface area contributed by atoms with Crippen LogP contribution in [-0.4, -0.2) is 23.1 Å². The van der Waals surface area contributed by atoms with Crippen molar-refractivity contribution >= 4 is 16.7 Å². The van der Waals surface area contributed by atoms with Crippen molar-refractivity contribution in [3.05, 3.63) is 24.5 Å². The minimum absolute atomic E-state index is 0.0458. The van der Waals surface area contributed by atoms with E-state index in [1.807, 2.05) is 25.0 Å². The summed E-state index contributed by atoms with van der Waals surface area (Å²) in [5.74, 6) is 0.412. The van der Waals surface area contributed by atoms with Crippen LogP contribution >= 0.6 is 0 Å². The summed E-state index contributed by atoms with van der Waals surface area (Å²) < 4.78 is 2.01. The van der Waals surface area contributed by atoms with Crippen molar-refractivity contribution in [2.45, 2.75) is 13.8 Å². The molecule has 2 aromatic rings. The van der Waals surface area contributed by atoms with Crippen LogP contribution in [0.15, 0.2) is 24.5 Å². The molecule has 2 rings (SSSR count). The van der Waals surface area contributed by atoms with E-state index < -0.39 is 0 Å². The van der Waals surface area contributed by atoms with Crippen LogP contribution in [0.4, 0.5) is 5.69 Å². The summed E-state index contributed by atoms with van der Waals surface area (Å²) in [6.07, 6.45) is 1.82. The second-order valence-electron chi connectivity index (χ2n) is 5.39. The number of fused-ring (bicyclic) bond motifs is 1. The third kappa shape index (κ3) is 2.70. The lowest BCUT2D eigenvalue weighted by Crippen LogP contribution is -2.27. The van der Waals surface area contributed by atoms with Gasteiger partial charge in [0.2, 0.25) is 0 Å². The van der Waals surface area contributed by atoms with E-state index in [2.05, 4.69) is 48.0 Å². The molecule has 0 aliphatic carbocycles. The first-order chi connectivity index (χ1) is 9.02. The van der Waals surface area contributed by atoms with E-state index in [-0.39, 0.29) is 5.92 Å². The first kappa shape index (κ1) is 13.4. The van der Waals surface area contributed by atoms with Crippen LogP contribution in [0.3, 0.4) is 0 Å². The van der Waals surface area contributed by atoms with Crippen molar-refractivity contribution < 1.29 is 0 Å². The van der Waals surface area contributed by atoms with Gasteiger partial charge in [-0.25, -0.2) is 4.98 Å². The van der Waals surface area contributed by atoms with Crippen LogP contribution in [0, 0.1) is 23.2 Å². The minimum atomic E-state index is 0.0458. The average Bonchev–Trinajstić information content (AvgIpc) is 2.76. The summed E-state index contributed by atoms with van der Waals surface area (Å²) >= 11 is 0. The van der Waals surface area contributed by atoms with E-state index in [0.29, 0.717) is 5.92 Å². The summed E-state index contributed by atoms with van der Waals surface area (Å²) in [6, 6.07) is 8.61. The fourth-order valence-electron chi connectivity index (χ4n) is 2.16. The van der Waals surface area contributed by atoms with Crippen molar-refractivity contribution in [1.82, 2.24) is 9.55 Å². The van der Waals surface area contributed by atoms with Gasteiger partial charge in [-0.15, -0.1) is 0 Å². The maximum atomic E-state index is 9.17. The molecule has 19 heavy (non-hydrogen) atoms. The molecule has 1 unspecified atom stereocenters. The second-order valence-corrected chi connectivity index (χ2v) is 5.39. The number of aromatic nitrogens is 2. The molecule has 0 saturated heterocycles. The van der Waals surface area contributed by atoms with Crippen molar-refractivity contribution in [3.63, 3.8) is 0 Å². The SMILES string of the molecule is CC(C)C(C#N)CN(C)c1ccc2c(c1)ncn2C. The molecule has 100 valence electrons. The normalized spacial score (nSPS) is 12.6. The zero-order chi connectivity index (χ0) is 14.0. The summed E-state index contributed by atoms with van der Waals surface area (Å²) in [7, 11) is 4.01. The van der Waals surface area contributed by atoms with Crippen LogP contribution < -0.4 is 4.90 Å². The van der Waals surface area contributed by atoms with Crippen molar-refractivity contribution in [1.29, 1.82) is 5.26 Å². The van der Waals surface area contributed by atoms with E-state index in [9.17, 15) is 5.26 Å². The number of hydrogen-bond donors (Lipinski definition) is 0. The van der Waals surface area contributed by atoms with Gasteiger partial charge in [-0.05, 0) is 24.1 Å². The van der Waals surface area contributed by atoms with Crippen LogP contribution in [0.5, 0.6) is 0 Å². The Balaban J connectivity index is 2.22. The minimum Gasteiger partial charge on any atom is -0.373 e. The highest BCUT2D eigenvalue weighted by Crippen LogP contribution is 2.22. The monoisotopic (exact) mass is 256 g/mol. The third-order valence-corrected chi connectivity index (χ3v) is 3.59. The number of imidazole rings is 1. The maximum Gasteiger partial charge on any atom is 0.0955 e. The number of hydrogen-bond acceptors (Lipinski definition) is 3. The number of nitriles is 1. The van der Waals surface area contributed by atoms with Gasteiger partial charge in [-0.2, -0.15) is 5.26 Å². The zero-order valence-electron chi connectivity index (χ0n) is 12.0. The second kappa shape index (κ2) is 5.31. The van der Waals surface area contributed by atoms with Gasteiger partial charge in [-0.3, -0.25) is 0 Å². The molecular weight excluding hydrogens is 236 g/mol. The highest BCUT2D eigenvalue weighted by molar-refractivity contribution is 5.79. The summed E-state index contributed by atoms with van der Waals surface area (Å²) in [6.45, 7) is 4.92. The molecule has 0 saturated carbocycles. The summed E-state index contributed by atoms with van der Waals surface area (Å²) in [5, 5.41) is 9.17. The van der Waals surface area contributed by atoms with Gasteiger partial charge in [0, 0.05) is 26.3 Å². The average molecular weight is 256 g/mol. The highest BCUT2D eigenvalue weighted by atomic mass is 15.1. The first-order valence-electron chi connectivity index (χ1n) is 6.54. The molecule has 0 radical (unpaired) electrons. The van der Waals surface area contributed by atoms with Crippen molar-refractivity contribution in [3.8, 4) is 6.07 Å². The number of anilines is 1. The van der Waals surface area contributed by atoms with E-state index in [1.54, 1.807) is 0 Å². The molecular formula is C15H20N4. The van der Waals surface area contributed by atoms with Crippen LogP contribution in [-0.2, 0) is 7.05 Å². The van der Waals surface area contributed by atoms with Gasteiger partial charge in [0.25, 0.3) is 0 Å². The zero-order valence-corrected chi connectivity index (χ0v) is 12.0. The number of rotatable bonds is 4. The quantitative estimate of drug-likeness (QED) is 0.845. The molecule has 1 aromatic carbocycles. The molecule has 0 spiro atoms. The van der Waals surface area contributed by atoms with Crippen molar-refractivity contribution in [2.24, 2.45) is 18.9 Å². The Morgan fingerprint density at radius 3 is 2.79 bits per heavy atom. The molecule has 0 bridgehead atoms. The Hall–Kier alpha value is -2.02. The summed E-state index contributed by atoms with van der Waals surface area (Å²) in [5.41, 5.74) is 3.22. The van der Waals surface area contributed by atoms with Crippen LogP contribution in [0.25, 0.3) is 11.0 Å². The lowest BCUT2D eigenvalue weighted by molar-refractivity contribution is 0.477. The predicted octanol–water partition coefficient (Wildman–Crippen LogP) is 2.81. The van der Waals surface area contributed by atoms with Crippen LogP contribution in [0.2, 0.25) is 0 Å². The molecule has 0 aliphatic heterocycles. The molecule has 0 N–H and O–H groups in total. The highest BCUT2D eigenvalue weighted by Gasteiger charge is 2.15.